The molecule has 1 atom stereocenters. The zero-order valence-corrected chi connectivity index (χ0v) is 14.1. The molecule has 1 N–H and O–H groups in total. The van der Waals surface area contributed by atoms with Crippen molar-refractivity contribution in [2.75, 3.05) is 11.4 Å². The van der Waals surface area contributed by atoms with E-state index in [0.29, 0.717) is 24.6 Å². The van der Waals surface area contributed by atoms with E-state index in [2.05, 4.69) is 10.3 Å². The summed E-state index contributed by atoms with van der Waals surface area (Å²) in [5.74, 6) is 0.463. The van der Waals surface area contributed by atoms with Crippen LogP contribution in [0.3, 0.4) is 0 Å². The van der Waals surface area contributed by atoms with Crippen LogP contribution in [0, 0.1) is 13.8 Å². The molecule has 24 heavy (non-hydrogen) atoms. The molecule has 0 bridgehead atoms. The average Bonchev–Trinajstić information content (AvgIpc) is 3.11. The van der Waals surface area contributed by atoms with Gasteiger partial charge in [0.15, 0.2) is 5.89 Å². The van der Waals surface area contributed by atoms with E-state index in [-0.39, 0.29) is 30.0 Å². The third kappa shape index (κ3) is 3.18. The zero-order chi connectivity index (χ0) is 17.3. The fraction of sp³-hybridized carbons (Fsp3) is 0.389. The highest BCUT2D eigenvalue weighted by atomic mass is 16.4. The van der Waals surface area contributed by atoms with Crippen LogP contribution >= 0.6 is 0 Å². The lowest BCUT2D eigenvalue weighted by atomic mass is 10.2. The van der Waals surface area contributed by atoms with Gasteiger partial charge in [0.1, 0.15) is 0 Å². The van der Waals surface area contributed by atoms with E-state index in [4.69, 9.17) is 4.42 Å². The number of rotatable bonds is 4. The van der Waals surface area contributed by atoms with Crippen molar-refractivity contribution >= 4 is 17.5 Å². The highest BCUT2D eigenvalue weighted by molar-refractivity contribution is 5.98. The Morgan fingerprint density at radius 2 is 2.04 bits per heavy atom. The molecule has 6 heteroatoms. The van der Waals surface area contributed by atoms with Crippen LogP contribution in [0.15, 0.2) is 28.7 Å². The Labute approximate surface area is 140 Å². The van der Waals surface area contributed by atoms with E-state index in [1.54, 1.807) is 11.8 Å². The van der Waals surface area contributed by atoms with E-state index in [9.17, 15) is 9.59 Å². The van der Waals surface area contributed by atoms with Crippen LogP contribution in [-0.4, -0.2) is 29.4 Å². The van der Waals surface area contributed by atoms with Gasteiger partial charge in [0.2, 0.25) is 11.7 Å². The minimum absolute atomic E-state index is 0.00712. The summed E-state index contributed by atoms with van der Waals surface area (Å²) in [7, 11) is 0. The van der Waals surface area contributed by atoms with Gasteiger partial charge in [-0.2, -0.15) is 0 Å². The van der Waals surface area contributed by atoms with Crippen LogP contribution in [0.5, 0.6) is 0 Å². The number of aromatic nitrogens is 1. The summed E-state index contributed by atoms with van der Waals surface area (Å²) >= 11 is 0. The maximum Gasteiger partial charge on any atom is 0.289 e. The maximum atomic E-state index is 12.4. The molecule has 0 aliphatic carbocycles. The van der Waals surface area contributed by atoms with Gasteiger partial charge >= 0.3 is 0 Å². The molecule has 2 heterocycles. The molecule has 1 fully saturated rings. The second kappa shape index (κ2) is 6.47. The minimum Gasteiger partial charge on any atom is -0.435 e. The fourth-order valence-electron chi connectivity index (χ4n) is 2.84. The van der Waals surface area contributed by atoms with Crippen LogP contribution in [0.4, 0.5) is 5.69 Å². The Morgan fingerprint density at radius 3 is 2.67 bits per heavy atom. The zero-order valence-electron chi connectivity index (χ0n) is 14.1. The first-order valence-corrected chi connectivity index (χ1v) is 8.12. The van der Waals surface area contributed by atoms with Gasteiger partial charge < -0.3 is 14.6 Å². The lowest BCUT2D eigenvalue weighted by Gasteiger charge is -2.17. The number of carbonyl (C=O) groups excluding carboxylic acids is 2. The molecule has 1 aromatic heterocycles. The van der Waals surface area contributed by atoms with Crippen molar-refractivity contribution in [2.24, 2.45) is 0 Å². The van der Waals surface area contributed by atoms with E-state index in [1.165, 1.54) is 0 Å². The van der Waals surface area contributed by atoms with Gasteiger partial charge in [-0.15, -0.1) is 0 Å². The molecule has 0 spiro atoms. The van der Waals surface area contributed by atoms with Crippen LogP contribution in [-0.2, 0) is 11.2 Å². The predicted octanol–water partition coefficient (Wildman–Crippen LogP) is 2.39. The van der Waals surface area contributed by atoms with Crippen molar-refractivity contribution < 1.29 is 14.0 Å². The first-order chi connectivity index (χ1) is 11.5. The number of aryl methyl sites for hydroxylation is 3. The molecular formula is C18H21N3O3. The Kier molecular flexibility index (Phi) is 4.38. The second-order valence-corrected chi connectivity index (χ2v) is 6.09. The molecule has 1 unspecified atom stereocenters. The summed E-state index contributed by atoms with van der Waals surface area (Å²) in [6.45, 7) is 6.13. The van der Waals surface area contributed by atoms with E-state index >= 15 is 0 Å². The summed E-state index contributed by atoms with van der Waals surface area (Å²) < 4.78 is 5.47. The summed E-state index contributed by atoms with van der Waals surface area (Å²) in [6, 6.07) is 7.55. The summed E-state index contributed by atoms with van der Waals surface area (Å²) in [6.07, 6.45) is 0.921. The van der Waals surface area contributed by atoms with E-state index in [0.717, 1.165) is 11.3 Å². The standard InChI is InChI=1S/C18H21N3O3/c1-4-15-19-12(3)17(24-15)18(23)20-13-9-16(22)21(10-13)14-7-5-11(2)6-8-14/h5-8,13H,4,9-10H2,1-3H3,(H,20,23). The second-order valence-electron chi connectivity index (χ2n) is 6.09. The molecule has 2 aromatic rings. The minimum atomic E-state index is -0.316. The van der Waals surface area contributed by atoms with Crippen LogP contribution in [0.25, 0.3) is 0 Å². The molecule has 1 aliphatic rings. The largest absolute Gasteiger partial charge is 0.435 e. The third-order valence-electron chi connectivity index (χ3n) is 4.16. The number of hydrogen-bond donors (Lipinski definition) is 1. The first-order valence-electron chi connectivity index (χ1n) is 8.12. The van der Waals surface area contributed by atoms with Gasteiger partial charge in [-0.05, 0) is 26.0 Å². The number of hydrogen-bond acceptors (Lipinski definition) is 4. The predicted molar refractivity (Wildman–Crippen MR) is 90.0 cm³/mol. The van der Waals surface area contributed by atoms with Crippen LogP contribution in [0.2, 0.25) is 0 Å². The first kappa shape index (κ1) is 16.2. The summed E-state index contributed by atoms with van der Waals surface area (Å²) in [5.41, 5.74) is 2.57. The van der Waals surface area contributed by atoms with Gasteiger partial charge in [-0.25, -0.2) is 4.98 Å². The number of benzene rings is 1. The van der Waals surface area contributed by atoms with Gasteiger partial charge in [-0.3, -0.25) is 9.59 Å². The van der Waals surface area contributed by atoms with Gasteiger partial charge in [0, 0.05) is 25.1 Å². The molecule has 0 radical (unpaired) electrons. The van der Waals surface area contributed by atoms with E-state index < -0.39 is 0 Å². The number of nitrogens with one attached hydrogen (secondary N) is 1. The smallest absolute Gasteiger partial charge is 0.289 e. The quantitative estimate of drug-likeness (QED) is 0.935. The number of oxazole rings is 1. The topological polar surface area (TPSA) is 75.4 Å². The Morgan fingerprint density at radius 1 is 1.33 bits per heavy atom. The Hall–Kier alpha value is -2.63. The molecule has 0 saturated carbocycles. The molecular weight excluding hydrogens is 306 g/mol. The summed E-state index contributed by atoms with van der Waals surface area (Å²) in [5, 5.41) is 2.88. The molecule has 126 valence electrons. The third-order valence-corrected chi connectivity index (χ3v) is 4.16. The van der Waals surface area contributed by atoms with Crippen molar-refractivity contribution in [2.45, 2.75) is 39.7 Å². The highest BCUT2D eigenvalue weighted by Gasteiger charge is 2.32. The lowest BCUT2D eigenvalue weighted by Crippen LogP contribution is -2.37. The monoisotopic (exact) mass is 327 g/mol. The van der Waals surface area contributed by atoms with Crippen molar-refractivity contribution in [3.63, 3.8) is 0 Å². The summed E-state index contributed by atoms with van der Waals surface area (Å²) in [4.78, 5) is 30.5. The van der Waals surface area contributed by atoms with Crippen molar-refractivity contribution in [1.82, 2.24) is 10.3 Å². The Bertz CT molecular complexity index is 764. The molecule has 2 amide bonds. The Balaban J connectivity index is 1.68. The van der Waals surface area contributed by atoms with Crippen molar-refractivity contribution in [3.8, 4) is 0 Å². The molecule has 1 saturated heterocycles. The van der Waals surface area contributed by atoms with Crippen LogP contribution < -0.4 is 10.2 Å². The fourth-order valence-corrected chi connectivity index (χ4v) is 2.84. The van der Waals surface area contributed by atoms with Crippen LogP contribution in [0.1, 0.15) is 41.0 Å². The molecule has 3 rings (SSSR count). The number of nitrogens with zero attached hydrogens (tertiary/aromatic N) is 2. The van der Waals surface area contributed by atoms with E-state index in [1.807, 2.05) is 38.1 Å². The number of amides is 2. The van der Waals surface area contributed by atoms with Crippen molar-refractivity contribution in [3.05, 3.63) is 47.2 Å². The normalized spacial score (nSPS) is 17.4. The number of anilines is 1. The lowest BCUT2D eigenvalue weighted by molar-refractivity contribution is -0.117. The number of carbonyl (C=O) groups is 2. The molecule has 1 aliphatic heterocycles. The molecule has 1 aromatic carbocycles. The van der Waals surface area contributed by atoms with Crippen molar-refractivity contribution in [1.29, 1.82) is 0 Å². The molecule has 6 nitrogen and oxygen atoms in total. The SMILES string of the molecule is CCc1nc(C)c(C(=O)NC2CC(=O)N(c3ccc(C)cc3)C2)o1. The maximum absolute atomic E-state index is 12.4. The highest BCUT2D eigenvalue weighted by Crippen LogP contribution is 2.22. The average molecular weight is 327 g/mol. The van der Waals surface area contributed by atoms with Gasteiger partial charge in [-0.1, -0.05) is 24.6 Å². The van der Waals surface area contributed by atoms with Gasteiger partial charge in [0.05, 0.1) is 11.7 Å². The van der Waals surface area contributed by atoms with Gasteiger partial charge in [0.25, 0.3) is 5.91 Å².